The Morgan fingerprint density at radius 3 is 3.04 bits per heavy atom. The Bertz CT molecular complexity index is 513. The number of nitrogens with one attached hydrogen (secondary N) is 2. The lowest BCUT2D eigenvalue weighted by atomic mass is 9.88. The van der Waals surface area contributed by atoms with Crippen LogP contribution in [0.4, 0.5) is 0 Å². The van der Waals surface area contributed by atoms with Crippen LogP contribution >= 0.6 is 0 Å². The number of likely N-dealkylation sites (tertiary alicyclic amines) is 1. The van der Waals surface area contributed by atoms with E-state index < -0.39 is 0 Å². The van der Waals surface area contributed by atoms with Crippen LogP contribution < -0.4 is 10.9 Å². The lowest BCUT2D eigenvalue weighted by Crippen LogP contribution is -2.48. The molecule has 0 radical (unpaired) electrons. The van der Waals surface area contributed by atoms with Crippen molar-refractivity contribution >= 4 is 0 Å². The Kier molecular flexibility index (Phi) is 5.10. The summed E-state index contributed by atoms with van der Waals surface area (Å²) in [6.45, 7) is 5.85. The van der Waals surface area contributed by atoms with E-state index in [0.29, 0.717) is 12.6 Å². The van der Waals surface area contributed by atoms with E-state index in [-0.39, 0.29) is 11.7 Å². The zero-order chi connectivity index (χ0) is 16.2. The number of ether oxygens (including phenoxy) is 2. The second-order valence-corrected chi connectivity index (χ2v) is 7.35. The molecule has 6 nitrogen and oxygen atoms in total. The first-order chi connectivity index (χ1) is 11.8. The average Bonchev–Trinajstić information content (AvgIpc) is 3.27. The summed E-state index contributed by atoms with van der Waals surface area (Å²) >= 11 is 0. The Balaban J connectivity index is 1.21. The Hall–Kier alpha value is -1.05. The van der Waals surface area contributed by atoms with Crippen LogP contribution in [-0.4, -0.2) is 60.4 Å². The van der Waals surface area contributed by atoms with Gasteiger partial charge in [-0.25, -0.2) is 0 Å². The SMILES string of the molecule is c1cncc(COC2COC3(CCN(CC4CCNN4)CC3)C2)c1. The maximum atomic E-state index is 6.21. The summed E-state index contributed by atoms with van der Waals surface area (Å²) in [5.41, 5.74) is 7.76. The molecule has 132 valence electrons. The maximum absolute atomic E-state index is 6.21. The zero-order valence-electron chi connectivity index (χ0n) is 14.2. The first kappa shape index (κ1) is 16.4. The molecule has 1 spiro atoms. The van der Waals surface area contributed by atoms with Gasteiger partial charge < -0.3 is 14.4 Å². The maximum Gasteiger partial charge on any atom is 0.0840 e. The first-order valence-corrected chi connectivity index (χ1v) is 9.17. The Labute approximate surface area is 143 Å². The topological polar surface area (TPSA) is 58.7 Å². The molecular weight excluding hydrogens is 304 g/mol. The minimum Gasteiger partial charge on any atom is -0.372 e. The van der Waals surface area contributed by atoms with Crippen molar-refractivity contribution in [2.75, 3.05) is 32.8 Å². The summed E-state index contributed by atoms with van der Waals surface area (Å²) in [6, 6.07) is 4.61. The summed E-state index contributed by atoms with van der Waals surface area (Å²) in [6.07, 6.45) is 8.39. The third-order valence-electron chi connectivity index (χ3n) is 5.55. The number of hydrazine groups is 1. The molecule has 4 heterocycles. The molecular formula is C18H28N4O2. The predicted molar refractivity (Wildman–Crippen MR) is 91.3 cm³/mol. The first-order valence-electron chi connectivity index (χ1n) is 9.17. The monoisotopic (exact) mass is 332 g/mol. The molecule has 3 saturated heterocycles. The molecule has 1 aromatic heterocycles. The normalized spacial score (nSPS) is 30.2. The number of hydrogen-bond donors (Lipinski definition) is 2. The quantitative estimate of drug-likeness (QED) is 0.842. The number of aromatic nitrogens is 1. The number of hydrogen-bond acceptors (Lipinski definition) is 6. The fourth-order valence-corrected chi connectivity index (χ4v) is 4.08. The summed E-state index contributed by atoms with van der Waals surface area (Å²) in [5.74, 6) is 0. The summed E-state index contributed by atoms with van der Waals surface area (Å²) in [5, 5.41) is 0. The third-order valence-corrected chi connectivity index (χ3v) is 5.55. The number of rotatable bonds is 5. The lowest BCUT2D eigenvalue weighted by molar-refractivity contribution is -0.0464. The van der Waals surface area contributed by atoms with Crippen molar-refractivity contribution in [2.45, 2.75) is 50.0 Å². The van der Waals surface area contributed by atoms with Crippen molar-refractivity contribution in [3.8, 4) is 0 Å². The van der Waals surface area contributed by atoms with E-state index in [1.807, 2.05) is 12.3 Å². The standard InChI is InChI=1S/C18H28N4O2/c1-2-15(11-19-6-1)13-23-17-10-18(24-14-17)4-8-22(9-5-18)12-16-3-7-20-21-16/h1-2,6,11,16-17,20-21H,3-5,7-10,12-14H2. The largest absolute Gasteiger partial charge is 0.372 e. The van der Waals surface area contributed by atoms with Gasteiger partial charge >= 0.3 is 0 Å². The predicted octanol–water partition coefficient (Wildman–Crippen LogP) is 1.09. The smallest absolute Gasteiger partial charge is 0.0840 e. The van der Waals surface area contributed by atoms with Crippen molar-refractivity contribution in [3.05, 3.63) is 30.1 Å². The minimum absolute atomic E-state index is 0.0530. The molecule has 24 heavy (non-hydrogen) atoms. The van der Waals surface area contributed by atoms with Crippen LogP contribution in [0, 0.1) is 0 Å². The van der Waals surface area contributed by atoms with E-state index in [2.05, 4.69) is 26.8 Å². The molecule has 1 aromatic rings. The summed E-state index contributed by atoms with van der Waals surface area (Å²) in [4.78, 5) is 6.71. The van der Waals surface area contributed by atoms with Gasteiger partial charge in [0.05, 0.1) is 24.9 Å². The van der Waals surface area contributed by atoms with Crippen LogP contribution in [0.3, 0.4) is 0 Å². The molecule has 0 bridgehead atoms. The Morgan fingerprint density at radius 1 is 1.38 bits per heavy atom. The third kappa shape index (κ3) is 3.95. The van der Waals surface area contributed by atoms with Gasteiger partial charge in [-0.05, 0) is 30.9 Å². The Morgan fingerprint density at radius 2 is 2.29 bits per heavy atom. The number of pyridine rings is 1. The fraction of sp³-hybridized carbons (Fsp3) is 0.722. The highest BCUT2D eigenvalue weighted by molar-refractivity contribution is 5.07. The van der Waals surface area contributed by atoms with Gasteiger partial charge in [-0.2, -0.15) is 0 Å². The highest BCUT2D eigenvalue weighted by Crippen LogP contribution is 2.37. The van der Waals surface area contributed by atoms with Crippen molar-refractivity contribution in [1.82, 2.24) is 20.7 Å². The van der Waals surface area contributed by atoms with E-state index in [9.17, 15) is 0 Å². The van der Waals surface area contributed by atoms with Crippen LogP contribution in [-0.2, 0) is 16.1 Å². The van der Waals surface area contributed by atoms with Crippen molar-refractivity contribution < 1.29 is 9.47 Å². The van der Waals surface area contributed by atoms with Crippen molar-refractivity contribution in [1.29, 1.82) is 0 Å². The van der Waals surface area contributed by atoms with Crippen LogP contribution in [0.2, 0.25) is 0 Å². The van der Waals surface area contributed by atoms with E-state index >= 15 is 0 Å². The molecule has 4 rings (SSSR count). The van der Waals surface area contributed by atoms with Crippen molar-refractivity contribution in [2.24, 2.45) is 0 Å². The van der Waals surface area contributed by atoms with Gasteiger partial charge in [-0.3, -0.25) is 15.8 Å². The molecule has 0 aliphatic carbocycles. The average molecular weight is 332 g/mol. The minimum atomic E-state index is 0.0530. The van der Waals surface area contributed by atoms with Gasteiger partial charge in [-0.1, -0.05) is 6.07 Å². The molecule has 3 aliphatic heterocycles. The zero-order valence-corrected chi connectivity index (χ0v) is 14.2. The van der Waals surface area contributed by atoms with E-state index in [1.165, 1.54) is 6.42 Å². The van der Waals surface area contributed by atoms with Gasteiger partial charge in [-0.15, -0.1) is 0 Å². The van der Waals surface area contributed by atoms with Crippen LogP contribution in [0.1, 0.15) is 31.2 Å². The van der Waals surface area contributed by atoms with E-state index in [4.69, 9.17) is 9.47 Å². The highest BCUT2D eigenvalue weighted by atomic mass is 16.6. The second kappa shape index (κ2) is 7.45. The van der Waals surface area contributed by atoms with Crippen LogP contribution in [0.15, 0.2) is 24.5 Å². The molecule has 3 aliphatic rings. The molecule has 0 saturated carbocycles. The lowest BCUT2D eigenvalue weighted by Gasteiger charge is -2.39. The van der Waals surface area contributed by atoms with E-state index in [1.54, 1.807) is 6.20 Å². The molecule has 2 N–H and O–H groups in total. The number of piperidine rings is 1. The molecule has 0 amide bonds. The molecule has 2 atom stereocenters. The highest BCUT2D eigenvalue weighted by Gasteiger charge is 2.43. The number of nitrogens with zero attached hydrogens (tertiary/aromatic N) is 2. The van der Waals surface area contributed by atoms with Crippen molar-refractivity contribution in [3.63, 3.8) is 0 Å². The van der Waals surface area contributed by atoms with Gasteiger partial charge in [0.25, 0.3) is 0 Å². The molecule has 3 fully saturated rings. The summed E-state index contributed by atoms with van der Waals surface area (Å²) < 4.78 is 12.3. The summed E-state index contributed by atoms with van der Waals surface area (Å²) in [7, 11) is 0. The van der Waals surface area contributed by atoms with Gasteiger partial charge in [0.15, 0.2) is 0 Å². The van der Waals surface area contributed by atoms with Gasteiger partial charge in [0.2, 0.25) is 0 Å². The molecule has 2 unspecified atom stereocenters. The molecule has 6 heteroatoms. The van der Waals surface area contributed by atoms with Crippen LogP contribution in [0.5, 0.6) is 0 Å². The fourth-order valence-electron chi connectivity index (χ4n) is 4.08. The molecule has 0 aromatic carbocycles. The second-order valence-electron chi connectivity index (χ2n) is 7.35. The van der Waals surface area contributed by atoms with Crippen LogP contribution in [0.25, 0.3) is 0 Å². The van der Waals surface area contributed by atoms with E-state index in [0.717, 1.165) is 57.6 Å². The van der Waals surface area contributed by atoms with Gasteiger partial charge in [0, 0.05) is 51.0 Å². The van der Waals surface area contributed by atoms with Gasteiger partial charge in [0.1, 0.15) is 0 Å².